The minimum Gasteiger partial charge on any atom is -0.394 e. The van der Waals surface area contributed by atoms with Gasteiger partial charge in [0.2, 0.25) is 5.95 Å². The number of rotatable bonds is 7. The molecule has 0 saturated carbocycles. The maximum absolute atomic E-state index is 13.4. The molecule has 0 unspecified atom stereocenters. The van der Waals surface area contributed by atoms with Crippen molar-refractivity contribution in [1.29, 1.82) is 0 Å². The smallest absolute Gasteiger partial charge is 0.225 e. The highest BCUT2D eigenvalue weighted by Crippen LogP contribution is 2.20. The first-order valence-electron chi connectivity index (χ1n) is 8.40. The molecule has 6 nitrogen and oxygen atoms in total. The van der Waals surface area contributed by atoms with Gasteiger partial charge in [0.15, 0.2) is 0 Å². The molecule has 0 aliphatic rings. The number of nitrogens with one attached hydrogen (secondary N) is 2. The molecule has 0 aliphatic carbocycles. The lowest BCUT2D eigenvalue weighted by Gasteiger charge is -2.14. The maximum atomic E-state index is 13.4. The number of anilines is 2. The van der Waals surface area contributed by atoms with Crippen LogP contribution in [0.15, 0.2) is 48.7 Å². The largest absolute Gasteiger partial charge is 0.394 e. The first kappa shape index (κ1) is 18.7. The van der Waals surface area contributed by atoms with E-state index < -0.39 is 11.6 Å². The van der Waals surface area contributed by atoms with Gasteiger partial charge < -0.3 is 15.7 Å². The third-order valence-corrected chi connectivity index (χ3v) is 3.70. The van der Waals surface area contributed by atoms with Gasteiger partial charge in [0.05, 0.1) is 18.0 Å². The molecule has 3 N–H and O–H groups in total. The van der Waals surface area contributed by atoms with Gasteiger partial charge in [0, 0.05) is 30.9 Å². The third kappa shape index (κ3) is 5.18. The number of pyridine rings is 1. The monoisotopic (exact) mass is 371 g/mol. The van der Waals surface area contributed by atoms with E-state index in [9.17, 15) is 13.9 Å². The molecule has 1 atom stereocenters. The first-order chi connectivity index (χ1) is 13.0. The van der Waals surface area contributed by atoms with Crippen molar-refractivity contribution < 1.29 is 13.9 Å². The molecule has 0 radical (unpaired) electrons. The van der Waals surface area contributed by atoms with Crippen molar-refractivity contribution in [3.8, 4) is 11.4 Å². The quantitative estimate of drug-likeness (QED) is 0.592. The Labute approximate surface area is 155 Å². The van der Waals surface area contributed by atoms with E-state index in [0.29, 0.717) is 28.7 Å². The van der Waals surface area contributed by atoms with Gasteiger partial charge in [0.1, 0.15) is 17.5 Å². The summed E-state index contributed by atoms with van der Waals surface area (Å²) >= 11 is 0. The van der Waals surface area contributed by atoms with E-state index in [4.69, 9.17) is 0 Å². The first-order valence-corrected chi connectivity index (χ1v) is 8.40. The van der Waals surface area contributed by atoms with Gasteiger partial charge in [-0.1, -0.05) is 6.07 Å². The molecule has 3 aromatic rings. The van der Waals surface area contributed by atoms with E-state index >= 15 is 0 Å². The van der Waals surface area contributed by atoms with Crippen molar-refractivity contribution in [2.24, 2.45) is 0 Å². The van der Waals surface area contributed by atoms with Crippen LogP contribution in [0.5, 0.6) is 0 Å². The predicted molar refractivity (Wildman–Crippen MR) is 99.1 cm³/mol. The normalized spacial score (nSPS) is 11.9. The molecule has 8 heteroatoms. The summed E-state index contributed by atoms with van der Waals surface area (Å²) in [5.74, 6) is -0.499. The van der Waals surface area contributed by atoms with Crippen molar-refractivity contribution in [2.75, 3.05) is 17.2 Å². The predicted octanol–water partition coefficient (Wildman–Crippen LogP) is 3.22. The van der Waals surface area contributed by atoms with Crippen LogP contribution in [-0.2, 0) is 6.54 Å². The summed E-state index contributed by atoms with van der Waals surface area (Å²) in [5.41, 5.74) is 1.68. The van der Waals surface area contributed by atoms with Gasteiger partial charge in [-0.05, 0) is 36.8 Å². The number of aliphatic hydroxyl groups is 1. The minimum absolute atomic E-state index is 0.0808. The Kier molecular flexibility index (Phi) is 5.87. The molecule has 0 bridgehead atoms. The molecule has 0 aliphatic heterocycles. The summed E-state index contributed by atoms with van der Waals surface area (Å²) in [6.45, 7) is 1.89. The zero-order chi connectivity index (χ0) is 19.2. The zero-order valence-electron chi connectivity index (χ0n) is 14.7. The van der Waals surface area contributed by atoms with Crippen LogP contribution in [-0.4, -0.2) is 32.7 Å². The average Bonchev–Trinajstić information content (AvgIpc) is 2.66. The molecule has 2 aromatic heterocycles. The Morgan fingerprint density at radius 3 is 2.48 bits per heavy atom. The van der Waals surface area contributed by atoms with Gasteiger partial charge in [-0.25, -0.2) is 13.8 Å². The van der Waals surface area contributed by atoms with Crippen LogP contribution in [0.1, 0.15) is 12.5 Å². The highest BCUT2D eigenvalue weighted by atomic mass is 19.1. The second kappa shape index (κ2) is 8.50. The maximum Gasteiger partial charge on any atom is 0.225 e. The van der Waals surface area contributed by atoms with Crippen LogP contribution in [0, 0.1) is 11.6 Å². The summed E-state index contributed by atoms with van der Waals surface area (Å²) < 4.78 is 26.7. The van der Waals surface area contributed by atoms with Gasteiger partial charge >= 0.3 is 0 Å². The van der Waals surface area contributed by atoms with Gasteiger partial charge in [-0.3, -0.25) is 4.98 Å². The lowest BCUT2D eigenvalue weighted by molar-refractivity contribution is 0.281. The Balaban J connectivity index is 1.87. The van der Waals surface area contributed by atoms with Crippen LogP contribution in [0.4, 0.5) is 20.5 Å². The van der Waals surface area contributed by atoms with Gasteiger partial charge in [0.25, 0.3) is 0 Å². The Hall–Kier alpha value is -3.13. The Bertz CT molecular complexity index is 888. The fourth-order valence-corrected chi connectivity index (χ4v) is 2.42. The minimum atomic E-state index is -0.636. The molecule has 0 saturated heterocycles. The van der Waals surface area contributed by atoms with Crippen LogP contribution < -0.4 is 10.6 Å². The molecule has 2 heterocycles. The number of aromatic nitrogens is 3. The van der Waals surface area contributed by atoms with Crippen LogP contribution >= 0.6 is 0 Å². The van der Waals surface area contributed by atoms with Crippen molar-refractivity contribution in [1.82, 2.24) is 15.0 Å². The molecule has 140 valence electrons. The molecule has 27 heavy (non-hydrogen) atoms. The van der Waals surface area contributed by atoms with E-state index in [2.05, 4.69) is 25.6 Å². The molecule has 3 rings (SSSR count). The Morgan fingerprint density at radius 1 is 1.04 bits per heavy atom. The lowest BCUT2D eigenvalue weighted by Crippen LogP contribution is -2.21. The van der Waals surface area contributed by atoms with Gasteiger partial charge in [-0.15, -0.1) is 0 Å². The third-order valence-electron chi connectivity index (χ3n) is 3.70. The number of hydrogen-bond acceptors (Lipinski definition) is 6. The van der Waals surface area contributed by atoms with Crippen LogP contribution in [0.3, 0.4) is 0 Å². The summed E-state index contributed by atoms with van der Waals surface area (Å²) in [7, 11) is 0. The number of aliphatic hydroxyl groups excluding tert-OH is 1. The van der Waals surface area contributed by atoms with E-state index in [1.165, 1.54) is 12.1 Å². The van der Waals surface area contributed by atoms with Crippen molar-refractivity contribution in [3.05, 3.63) is 65.9 Å². The second-order valence-corrected chi connectivity index (χ2v) is 6.04. The van der Waals surface area contributed by atoms with E-state index in [1.54, 1.807) is 25.3 Å². The topological polar surface area (TPSA) is 83.0 Å². The summed E-state index contributed by atoms with van der Waals surface area (Å²) in [5, 5.41) is 15.3. The van der Waals surface area contributed by atoms with Gasteiger partial charge in [-0.2, -0.15) is 4.98 Å². The molecular formula is C19H19F2N5O. The highest BCUT2D eigenvalue weighted by Gasteiger charge is 2.10. The molecular weight excluding hydrogens is 352 g/mol. The number of hydrogen-bond donors (Lipinski definition) is 3. The van der Waals surface area contributed by atoms with E-state index in [0.717, 1.165) is 6.07 Å². The van der Waals surface area contributed by atoms with E-state index in [-0.39, 0.29) is 19.2 Å². The summed E-state index contributed by atoms with van der Waals surface area (Å²) in [6.07, 6.45) is 1.66. The number of halogens is 2. The number of nitrogens with zero attached hydrogens (tertiary/aromatic N) is 3. The summed E-state index contributed by atoms with van der Waals surface area (Å²) in [6, 6.07) is 10.3. The van der Waals surface area contributed by atoms with Crippen molar-refractivity contribution in [3.63, 3.8) is 0 Å². The zero-order valence-corrected chi connectivity index (χ0v) is 14.7. The fourth-order valence-electron chi connectivity index (χ4n) is 2.42. The van der Waals surface area contributed by atoms with Crippen molar-refractivity contribution in [2.45, 2.75) is 19.5 Å². The van der Waals surface area contributed by atoms with Crippen molar-refractivity contribution >= 4 is 11.8 Å². The second-order valence-electron chi connectivity index (χ2n) is 6.04. The lowest BCUT2D eigenvalue weighted by atomic mass is 10.2. The highest BCUT2D eigenvalue weighted by molar-refractivity contribution is 5.61. The molecule has 0 spiro atoms. The standard InChI is InChI=1S/C19H19F2N5O/c1-12(11-27)24-19-25-17(16-4-2-3-5-22-16)9-18(26-19)23-10-13-6-14(20)8-15(21)7-13/h2-9,12,27H,10-11H2,1H3,(H2,23,24,25,26)/t12-/m1/s1. The SMILES string of the molecule is C[C@H](CO)Nc1nc(NCc2cc(F)cc(F)c2)cc(-c2ccccn2)n1. The number of benzene rings is 1. The van der Waals surface area contributed by atoms with Crippen LogP contribution in [0.2, 0.25) is 0 Å². The molecule has 1 aromatic carbocycles. The molecule has 0 amide bonds. The summed E-state index contributed by atoms with van der Waals surface area (Å²) in [4.78, 5) is 13.0. The fraction of sp³-hybridized carbons (Fsp3) is 0.211. The molecule has 0 fully saturated rings. The van der Waals surface area contributed by atoms with Crippen LogP contribution in [0.25, 0.3) is 11.4 Å². The Morgan fingerprint density at radius 2 is 1.81 bits per heavy atom. The average molecular weight is 371 g/mol. The van der Waals surface area contributed by atoms with E-state index in [1.807, 2.05) is 12.1 Å².